The van der Waals surface area contributed by atoms with Gasteiger partial charge in [-0.05, 0) is 39.7 Å². The van der Waals surface area contributed by atoms with Crippen molar-refractivity contribution in [2.24, 2.45) is 0 Å². The maximum Gasteiger partial charge on any atom is 0.224 e. The van der Waals surface area contributed by atoms with Crippen molar-refractivity contribution < 1.29 is 4.79 Å². The monoisotopic (exact) mass is 343 g/mol. The van der Waals surface area contributed by atoms with E-state index in [1.807, 2.05) is 23.6 Å². The van der Waals surface area contributed by atoms with Gasteiger partial charge in [-0.2, -0.15) is 0 Å². The lowest BCUT2D eigenvalue weighted by atomic mass is 10.1. The molecule has 0 atom stereocenters. The van der Waals surface area contributed by atoms with Gasteiger partial charge in [0.25, 0.3) is 0 Å². The van der Waals surface area contributed by atoms with Crippen LogP contribution in [0.3, 0.4) is 0 Å². The Kier molecular flexibility index (Phi) is 4.80. The molecule has 1 N–H and O–H groups in total. The van der Waals surface area contributed by atoms with E-state index in [-0.39, 0.29) is 5.91 Å². The second kappa shape index (κ2) is 6.36. The zero-order valence-corrected chi connectivity index (χ0v) is 12.6. The minimum Gasteiger partial charge on any atom is -0.351 e. The van der Waals surface area contributed by atoms with Gasteiger partial charge in [0.1, 0.15) is 0 Å². The fraction of sp³-hybridized carbons (Fsp3) is 0.154. The first-order valence-corrected chi connectivity index (χ1v) is 7.42. The summed E-state index contributed by atoms with van der Waals surface area (Å²) in [5.41, 5.74) is 0.962. The molecule has 2 rings (SSSR count). The molecule has 0 bridgehead atoms. The quantitative estimate of drug-likeness (QED) is 0.891. The molecule has 0 aliphatic heterocycles. The molecule has 0 radical (unpaired) electrons. The first-order valence-electron chi connectivity index (χ1n) is 5.37. The van der Waals surface area contributed by atoms with Gasteiger partial charge in [-0.1, -0.05) is 23.7 Å². The van der Waals surface area contributed by atoms with E-state index >= 15 is 0 Å². The van der Waals surface area contributed by atoms with E-state index in [9.17, 15) is 4.79 Å². The minimum absolute atomic E-state index is 0.0156. The van der Waals surface area contributed by atoms with Crippen LogP contribution in [0.2, 0.25) is 5.02 Å². The molecule has 2 nitrogen and oxygen atoms in total. The van der Waals surface area contributed by atoms with E-state index in [0.717, 1.165) is 14.9 Å². The summed E-state index contributed by atoms with van der Waals surface area (Å²) in [6, 6.07) is 9.32. The first-order chi connectivity index (χ1) is 8.63. The Labute approximate surface area is 123 Å². The molecular formula is C13H11BrClNOS. The third kappa shape index (κ3) is 4.12. The molecule has 1 heterocycles. The van der Waals surface area contributed by atoms with Crippen LogP contribution in [-0.4, -0.2) is 5.91 Å². The van der Waals surface area contributed by atoms with E-state index < -0.39 is 0 Å². The molecule has 0 saturated carbocycles. The number of benzene rings is 1. The standard InChI is InChI=1S/C13H11BrClNOS/c14-10-6-12(18-8-10)7-16-13(17)5-9-1-3-11(15)4-2-9/h1-4,6,8H,5,7H2,(H,16,17). The average molecular weight is 345 g/mol. The zero-order valence-electron chi connectivity index (χ0n) is 9.45. The number of carbonyl (C=O) groups excluding carboxylic acids is 1. The fourth-order valence-corrected chi connectivity index (χ4v) is 3.00. The van der Waals surface area contributed by atoms with Crippen LogP contribution in [0.5, 0.6) is 0 Å². The maximum atomic E-state index is 11.7. The van der Waals surface area contributed by atoms with Crippen molar-refractivity contribution in [1.29, 1.82) is 0 Å². The Morgan fingerprint density at radius 1 is 1.33 bits per heavy atom. The highest BCUT2D eigenvalue weighted by Gasteiger charge is 2.04. The molecule has 0 unspecified atom stereocenters. The Hall–Kier alpha value is -0.840. The van der Waals surface area contributed by atoms with E-state index in [0.29, 0.717) is 18.0 Å². The summed E-state index contributed by atoms with van der Waals surface area (Å²) < 4.78 is 1.05. The second-order valence-corrected chi connectivity index (χ2v) is 6.16. The maximum absolute atomic E-state index is 11.7. The van der Waals surface area contributed by atoms with Crippen LogP contribution in [0.1, 0.15) is 10.4 Å². The normalized spacial score (nSPS) is 10.3. The molecule has 0 spiro atoms. The van der Waals surface area contributed by atoms with Crippen molar-refractivity contribution in [3.05, 3.63) is 55.6 Å². The van der Waals surface area contributed by atoms with Crippen LogP contribution < -0.4 is 5.32 Å². The summed E-state index contributed by atoms with van der Waals surface area (Å²) in [6.07, 6.45) is 0.379. The summed E-state index contributed by atoms with van der Waals surface area (Å²) in [7, 11) is 0. The van der Waals surface area contributed by atoms with Crippen LogP contribution in [0.4, 0.5) is 0 Å². The van der Waals surface area contributed by atoms with Gasteiger partial charge in [-0.3, -0.25) is 4.79 Å². The summed E-state index contributed by atoms with van der Waals surface area (Å²) in [5, 5.41) is 5.58. The number of amides is 1. The average Bonchev–Trinajstić information content (AvgIpc) is 2.76. The highest BCUT2D eigenvalue weighted by molar-refractivity contribution is 9.10. The van der Waals surface area contributed by atoms with Gasteiger partial charge in [0.15, 0.2) is 0 Å². The third-order valence-corrected chi connectivity index (χ3v) is 4.31. The van der Waals surface area contributed by atoms with E-state index in [2.05, 4.69) is 21.2 Å². The molecule has 0 fully saturated rings. The van der Waals surface area contributed by atoms with Crippen LogP contribution in [0.25, 0.3) is 0 Å². The van der Waals surface area contributed by atoms with Crippen molar-refractivity contribution in [3.63, 3.8) is 0 Å². The highest BCUT2D eigenvalue weighted by atomic mass is 79.9. The summed E-state index contributed by atoms with van der Waals surface area (Å²) in [4.78, 5) is 12.9. The van der Waals surface area contributed by atoms with Crippen molar-refractivity contribution in [2.75, 3.05) is 0 Å². The number of thiophene rings is 1. The molecule has 0 aliphatic carbocycles. The predicted octanol–water partition coefficient (Wildman–Crippen LogP) is 4.02. The number of halogens is 2. The number of hydrogen-bond acceptors (Lipinski definition) is 2. The van der Waals surface area contributed by atoms with Crippen molar-refractivity contribution in [2.45, 2.75) is 13.0 Å². The lowest BCUT2D eigenvalue weighted by molar-refractivity contribution is -0.120. The van der Waals surface area contributed by atoms with E-state index in [1.54, 1.807) is 23.5 Å². The molecule has 94 valence electrons. The highest BCUT2D eigenvalue weighted by Crippen LogP contribution is 2.19. The third-order valence-electron chi connectivity index (χ3n) is 2.36. The molecule has 2 aromatic rings. The van der Waals surface area contributed by atoms with Gasteiger partial charge in [0.05, 0.1) is 13.0 Å². The number of carbonyl (C=O) groups is 1. The van der Waals surface area contributed by atoms with Gasteiger partial charge < -0.3 is 5.32 Å². The predicted molar refractivity (Wildman–Crippen MR) is 79.0 cm³/mol. The van der Waals surface area contributed by atoms with Crippen LogP contribution in [0, 0.1) is 0 Å². The molecule has 0 aliphatic rings. The molecular weight excluding hydrogens is 334 g/mol. The Morgan fingerprint density at radius 2 is 2.06 bits per heavy atom. The summed E-state index contributed by atoms with van der Waals surface area (Å²) in [5.74, 6) is 0.0156. The Balaban J connectivity index is 1.83. The van der Waals surface area contributed by atoms with Crippen molar-refractivity contribution in [3.8, 4) is 0 Å². The van der Waals surface area contributed by atoms with E-state index in [1.165, 1.54) is 0 Å². The van der Waals surface area contributed by atoms with Gasteiger partial charge in [-0.25, -0.2) is 0 Å². The molecule has 0 saturated heterocycles. The summed E-state index contributed by atoms with van der Waals surface area (Å²) in [6.45, 7) is 0.572. The minimum atomic E-state index is 0.0156. The first kappa shape index (κ1) is 13.6. The smallest absolute Gasteiger partial charge is 0.224 e. The number of nitrogens with one attached hydrogen (secondary N) is 1. The van der Waals surface area contributed by atoms with Crippen molar-refractivity contribution in [1.82, 2.24) is 5.32 Å². The number of hydrogen-bond donors (Lipinski definition) is 1. The number of rotatable bonds is 4. The van der Waals surface area contributed by atoms with Gasteiger partial charge in [0, 0.05) is 19.8 Å². The molecule has 18 heavy (non-hydrogen) atoms. The largest absolute Gasteiger partial charge is 0.351 e. The zero-order chi connectivity index (χ0) is 13.0. The summed E-state index contributed by atoms with van der Waals surface area (Å²) >= 11 is 10.8. The Bertz CT molecular complexity index is 538. The SMILES string of the molecule is O=C(Cc1ccc(Cl)cc1)NCc1cc(Br)cs1. The fourth-order valence-electron chi connectivity index (χ4n) is 1.48. The second-order valence-electron chi connectivity index (χ2n) is 3.81. The van der Waals surface area contributed by atoms with E-state index in [4.69, 9.17) is 11.6 Å². The molecule has 1 aromatic heterocycles. The van der Waals surface area contributed by atoms with Crippen molar-refractivity contribution >= 4 is 44.8 Å². The van der Waals surface area contributed by atoms with Gasteiger partial charge in [0.2, 0.25) is 5.91 Å². The Morgan fingerprint density at radius 3 is 2.67 bits per heavy atom. The lowest BCUT2D eigenvalue weighted by Crippen LogP contribution is -2.24. The molecule has 5 heteroatoms. The van der Waals surface area contributed by atoms with Gasteiger partial charge in [-0.15, -0.1) is 11.3 Å². The van der Waals surface area contributed by atoms with Crippen LogP contribution in [0.15, 0.2) is 40.2 Å². The lowest BCUT2D eigenvalue weighted by Gasteiger charge is -2.04. The molecule has 1 aromatic carbocycles. The van der Waals surface area contributed by atoms with Crippen LogP contribution >= 0.6 is 38.9 Å². The van der Waals surface area contributed by atoms with Gasteiger partial charge >= 0.3 is 0 Å². The van der Waals surface area contributed by atoms with Crippen LogP contribution in [-0.2, 0) is 17.8 Å². The topological polar surface area (TPSA) is 29.1 Å². The molecule has 1 amide bonds.